The van der Waals surface area contributed by atoms with Crippen molar-refractivity contribution in [3.8, 4) is 5.75 Å². The lowest BCUT2D eigenvalue weighted by Crippen LogP contribution is -2.38. The third-order valence-corrected chi connectivity index (χ3v) is 4.84. The number of aryl methyl sites for hydroxylation is 2. The van der Waals surface area contributed by atoms with Crippen molar-refractivity contribution in [3.63, 3.8) is 0 Å². The minimum Gasteiger partial charge on any atom is -0.491 e. The maximum atomic E-state index is 12.8. The van der Waals surface area contributed by atoms with Crippen LogP contribution in [-0.2, 0) is 11.8 Å². The first-order valence-corrected chi connectivity index (χ1v) is 8.69. The van der Waals surface area contributed by atoms with E-state index in [9.17, 15) is 4.79 Å². The van der Waals surface area contributed by atoms with E-state index in [4.69, 9.17) is 4.74 Å². The summed E-state index contributed by atoms with van der Waals surface area (Å²) in [5, 5.41) is 7.57. The van der Waals surface area contributed by atoms with Crippen LogP contribution in [0.4, 0.5) is 0 Å². The number of benzene rings is 1. The maximum Gasteiger partial charge on any atom is 0.227 e. The van der Waals surface area contributed by atoms with Crippen LogP contribution in [0.15, 0.2) is 36.7 Å². The molecule has 0 spiro atoms. The Labute approximate surface area is 148 Å². The van der Waals surface area contributed by atoms with Crippen LogP contribution in [0.25, 0.3) is 0 Å². The van der Waals surface area contributed by atoms with Gasteiger partial charge in [-0.05, 0) is 24.1 Å². The molecule has 1 N–H and O–H groups in total. The molecule has 1 aromatic carbocycles. The molecule has 2 heterocycles. The predicted molar refractivity (Wildman–Crippen MR) is 96.6 cm³/mol. The molecule has 6 nitrogen and oxygen atoms in total. The number of para-hydroxylation sites is 1. The monoisotopic (exact) mass is 342 g/mol. The van der Waals surface area contributed by atoms with Crippen molar-refractivity contribution in [1.29, 1.82) is 0 Å². The number of hydrogen-bond donors (Lipinski definition) is 1. The van der Waals surface area contributed by atoms with Crippen molar-refractivity contribution >= 4 is 5.91 Å². The van der Waals surface area contributed by atoms with E-state index in [2.05, 4.69) is 10.4 Å². The number of rotatable bonds is 6. The first-order chi connectivity index (χ1) is 12.1. The Morgan fingerprint density at radius 3 is 2.92 bits per heavy atom. The molecule has 134 valence electrons. The molecule has 2 atom stereocenters. The van der Waals surface area contributed by atoms with E-state index in [1.54, 1.807) is 9.58 Å². The van der Waals surface area contributed by atoms with E-state index in [-0.39, 0.29) is 17.7 Å². The van der Waals surface area contributed by atoms with E-state index in [1.165, 1.54) is 0 Å². The SMILES string of the molecule is Cc1ccccc1OCCN(C)C(=O)[C@H]1CNC[C@@H]1c1cnn(C)c1. The second kappa shape index (κ2) is 7.70. The second-order valence-corrected chi connectivity index (χ2v) is 6.69. The number of carbonyl (C=O) groups is 1. The number of hydrogen-bond acceptors (Lipinski definition) is 4. The van der Waals surface area contributed by atoms with Crippen molar-refractivity contribution in [1.82, 2.24) is 20.0 Å². The largest absolute Gasteiger partial charge is 0.491 e. The Morgan fingerprint density at radius 1 is 1.40 bits per heavy atom. The molecular formula is C19H26N4O2. The minimum atomic E-state index is -0.0485. The molecule has 0 radical (unpaired) electrons. The molecule has 6 heteroatoms. The van der Waals surface area contributed by atoms with Gasteiger partial charge in [0, 0.05) is 39.3 Å². The van der Waals surface area contributed by atoms with E-state index < -0.39 is 0 Å². The Bertz CT molecular complexity index is 728. The van der Waals surface area contributed by atoms with Crippen LogP contribution in [0.5, 0.6) is 5.75 Å². The van der Waals surface area contributed by atoms with Gasteiger partial charge in [0.15, 0.2) is 0 Å². The van der Waals surface area contributed by atoms with E-state index in [0.717, 1.165) is 23.4 Å². The standard InChI is InChI=1S/C19H26N4O2/c1-14-6-4-5-7-18(14)25-9-8-22(2)19(24)17-12-20-11-16(17)15-10-21-23(3)13-15/h4-7,10,13,16-17,20H,8-9,11-12H2,1-3H3/t16-,17+/m1/s1. The summed E-state index contributed by atoms with van der Waals surface area (Å²) in [4.78, 5) is 14.6. The molecular weight excluding hydrogens is 316 g/mol. The summed E-state index contributed by atoms with van der Waals surface area (Å²) in [6.45, 7) is 4.61. The zero-order valence-corrected chi connectivity index (χ0v) is 15.1. The van der Waals surface area contributed by atoms with Gasteiger partial charge in [-0.15, -0.1) is 0 Å². The summed E-state index contributed by atoms with van der Waals surface area (Å²) in [5.41, 5.74) is 2.23. The molecule has 1 fully saturated rings. The maximum absolute atomic E-state index is 12.8. The predicted octanol–water partition coefficient (Wildman–Crippen LogP) is 1.57. The average molecular weight is 342 g/mol. The molecule has 0 bridgehead atoms. The highest BCUT2D eigenvalue weighted by Gasteiger charge is 2.36. The molecule has 0 unspecified atom stereocenters. The van der Waals surface area contributed by atoms with Gasteiger partial charge >= 0.3 is 0 Å². The number of ether oxygens (including phenoxy) is 1. The van der Waals surface area contributed by atoms with Crippen molar-refractivity contribution in [2.24, 2.45) is 13.0 Å². The van der Waals surface area contributed by atoms with Gasteiger partial charge < -0.3 is 15.0 Å². The van der Waals surface area contributed by atoms with Gasteiger partial charge in [-0.1, -0.05) is 18.2 Å². The Hall–Kier alpha value is -2.34. The fourth-order valence-corrected chi connectivity index (χ4v) is 3.32. The summed E-state index contributed by atoms with van der Waals surface area (Å²) in [6.07, 6.45) is 3.86. The number of aromatic nitrogens is 2. The first kappa shape index (κ1) is 17.5. The van der Waals surface area contributed by atoms with Crippen molar-refractivity contribution in [2.45, 2.75) is 12.8 Å². The van der Waals surface area contributed by atoms with Crippen molar-refractivity contribution in [2.75, 3.05) is 33.3 Å². The summed E-state index contributed by atoms with van der Waals surface area (Å²) in [6, 6.07) is 7.92. The zero-order chi connectivity index (χ0) is 17.8. The molecule has 1 saturated heterocycles. The first-order valence-electron chi connectivity index (χ1n) is 8.69. The van der Waals surface area contributed by atoms with Crippen LogP contribution in [0.1, 0.15) is 17.0 Å². The topological polar surface area (TPSA) is 59.4 Å². The van der Waals surface area contributed by atoms with Crippen molar-refractivity contribution < 1.29 is 9.53 Å². The Kier molecular flexibility index (Phi) is 5.38. The average Bonchev–Trinajstić information content (AvgIpc) is 3.24. The molecule has 1 aromatic heterocycles. The third kappa shape index (κ3) is 4.02. The van der Waals surface area contributed by atoms with Gasteiger partial charge in [0.05, 0.1) is 18.7 Å². The quantitative estimate of drug-likeness (QED) is 0.866. The molecule has 1 aliphatic rings. The van der Waals surface area contributed by atoms with Gasteiger partial charge in [0.1, 0.15) is 12.4 Å². The van der Waals surface area contributed by atoms with Crippen molar-refractivity contribution in [3.05, 3.63) is 47.8 Å². The molecule has 0 aliphatic carbocycles. The van der Waals surface area contributed by atoms with Gasteiger partial charge in [-0.2, -0.15) is 5.10 Å². The van der Waals surface area contributed by atoms with E-state index in [1.807, 2.05) is 57.7 Å². The summed E-state index contributed by atoms with van der Waals surface area (Å²) < 4.78 is 7.60. The van der Waals surface area contributed by atoms with Gasteiger partial charge in [-0.3, -0.25) is 9.48 Å². The highest BCUT2D eigenvalue weighted by atomic mass is 16.5. The second-order valence-electron chi connectivity index (χ2n) is 6.69. The molecule has 1 aliphatic heterocycles. The number of nitrogens with one attached hydrogen (secondary N) is 1. The van der Waals surface area contributed by atoms with Crippen LogP contribution in [0.3, 0.4) is 0 Å². The fourth-order valence-electron chi connectivity index (χ4n) is 3.32. The van der Waals surface area contributed by atoms with Gasteiger partial charge in [0.2, 0.25) is 5.91 Å². The molecule has 0 saturated carbocycles. The molecule has 1 amide bonds. The summed E-state index contributed by atoms with van der Waals surface area (Å²) in [5.74, 6) is 1.17. The van der Waals surface area contributed by atoms with E-state index >= 15 is 0 Å². The highest BCUT2D eigenvalue weighted by molar-refractivity contribution is 5.80. The zero-order valence-electron chi connectivity index (χ0n) is 15.1. The number of amides is 1. The van der Waals surface area contributed by atoms with Crippen LogP contribution < -0.4 is 10.1 Å². The Morgan fingerprint density at radius 2 is 2.20 bits per heavy atom. The third-order valence-electron chi connectivity index (χ3n) is 4.84. The lowest BCUT2D eigenvalue weighted by atomic mass is 9.90. The number of likely N-dealkylation sites (N-methyl/N-ethyl adjacent to an activating group) is 1. The van der Waals surface area contributed by atoms with E-state index in [0.29, 0.717) is 19.7 Å². The molecule has 2 aromatic rings. The van der Waals surface area contributed by atoms with Crippen LogP contribution in [0.2, 0.25) is 0 Å². The highest BCUT2D eigenvalue weighted by Crippen LogP contribution is 2.29. The molecule has 3 rings (SSSR count). The summed E-state index contributed by atoms with van der Waals surface area (Å²) >= 11 is 0. The normalized spacial score (nSPS) is 19.8. The van der Waals surface area contributed by atoms with Crippen LogP contribution in [0, 0.1) is 12.8 Å². The van der Waals surface area contributed by atoms with Gasteiger partial charge in [0.25, 0.3) is 0 Å². The number of nitrogens with zero attached hydrogens (tertiary/aromatic N) is 3. The smallest absolute Gasteiger partial charge is 0.227 e. The lowest BCUT2D eigenvalue weighted by Gasteiger charge is -2.24. The summed E-state index contributed by atoms with van der Waals surface area (Å²) in [7, 11) is 3.75. The lowest BCUT2D eigenvalue weighted by molar-refractivity contribution is -0.134. The van der Waals surface area contributed by atoms with Crippen LogP contribution >= 0.6 is 0 Å². The molecule has 25 heavy (non-hydrogen) atoms. The van der Waals surface area contributed by atoms with Crippen LogP contribution in [-0.4, -0.2) is 53.9 Å². The number of carbonyl (C=O) groups excluding carboxylic acids is 1. The van der Waals surface area contributed by atoms with Gasteiger partial charge in [-0.25, -0.2) is 0 Å². The fraction of sp³-hybridized carbons (Fsp3) is 0.474. The minimum absolute atomic E-state index is 0.0485. The Balaban J connectivity index is 1.55.